The maximum atomic E-state index is 12.4. The summed E-state index contributed by atoms with van der Waals surface area (Å²) < 4.78 is 3.69. The molecule has 4 rings (SSSR count). The zero-order chi connectivity index (χ0) is 17.2. The van der Waals surface area contributed by atoms with Crippen molar-refractivity contribution >= 4 is 39.1 Å². The topological polar surface area (TPSA) is 91.8 Å². The standard InChI is InChI=1S/C16H13N5O3/c1-8(22)21-10-7-5-4-6-9(10)11-14(21)18-13-12(17-11)15(23)20(3)16(24)19(13)2/h4-7H,1-3H3. The van der Waals surface area contributed by atoms with E-state index >= 15 is 0 Å². The Labute approximate surface area is 134 Å². The van der Waals surface area contributed by atoms with E-state index in [1.807, 2.05) is 18.2 Å². The second-order valence-electron chi connectivity index (χ2n) is 5.65. The fraction of sp³-hybridized carbons (Fsp3) is 0.188. The molecule has 0 saturated heterocycles. The van der Waals surface area contributed by atoms with Crippen LogP contribution in [0.25, 0.3) is 33.2 Å². The Kier molecular flexibility index (Phi) is 2.75. The highest BCUT2D eigenvalue weighted by atomic mass is 16.2. The lowest BCUT2D eigenvalue weighted by molar-refractivity contribution is 0.0946. The number of aryl methyl sites for hydroxylation is 1. The van der Waals surface area contributed by atoms with Crippen molar-refractivity contribution in [1.82, 2.24) is 23.7 Å². The van der Waals surface area contributed by atoms with Gasteiger partial charge < -0.3 is 0 Å². The van der Waals surface area contributed by atoms with E-state index in [4.69, 9.17) is 0 Å². The van der Waals surface area contributed by atoms with Crippen LogP contribution in [-0.4, -0.2) is 29.6 Å². The molecule has 0 fully saturated rings. The molecule has 0 aliphatic heterocycles. The van der Waals surface area contributed by atoms with Gasteiger partial charge in [0, 0.05) is 26.4 Å². The summed E-state index contributed by atoms with van der Waals surface area (Å²) >= 11 is 0. The summed E-state index contributed by atoms with van der Waals surface area (Å²) in [6.07, 6.45) is 0. The first kappa shape index (κ1) is 14.3. The number of hydrogen-bond donors (Lipinski definition) is 0. The second-order valence-corrected chi connectivity index (χ2v) is 5.65. The third-order valence-corrected chi connectivity index (χ3v) is 4.18. The van der Waals surface area contributed by atoms with Crippen molar-refractivity contribution in [2.45, 2.75) is 6.92 Å². The normalized spacial score (nSPS) is 11.6. The Hall–Kier alpha value is -3.29. The van der Waals surface area contributed by atoms with Gasteiger partial charge in [0.2, 0.25) is 5.91 Å². The quantitative estimate of drug-likeness (QED) is 0.477. The lowest BCUT2D eigenvalue weighted by Crippen LogP contribution is -2.37. The SMILES string of the molecule is CC(=O)n1c2ccccc2c2nc3c(=O)n(C)c(=O)n(C)c3nc21. The Balaban J connectivity index is 2.38. The first-order valence-electron chi connectivity index (χ1n) is 7.29. The predicted molar refractivity (Wildman–Crippen MR) is 89.3 cm³/mol. The van der Waals surface area contributed by atoms with Gasteiger partial charge in [0.1, 0.15) is 5.52 Å². The van der Waals surface area contributed by atoms with Crippen LogP contribution < -0.4 is 11.2 Å². The third-order valence-electron chi connectivity index (χ3n) is 4.18. The summed E-state index contributed by atoms with van der Waals surface area (Å²) in [4.78, 5) is 45.5. The molecule has 0 radical (unpaired) electrons. The summed E-state index contributed by atoms with van der Waals surface area (Å²) in [5, 5.41) is 0.730. The molecule has 4 aromatic rings. The van der Waals surface area contributed by atoms with Crippen LogP contribution in [0.15, 0.2) is 33.9 Å². The molecule has 0 aliphatic carbocycles. The smallest absolute Gasteiger partial charge is 0.279 e. The minimum Gasteiger partial charge on any atom is -0.279 e. The Morgan fingerprint density at radius 2 is 1.67 bits per heavy atom. The van der Waals surface area contributed by atoms with E-state index in [0.717, 1.165) is 9.95 Å². The van der Waals surface area contributed by atoms with Gasteiger partial charge in [-0.25, -0.2) is 14.8 Å². The van der Waals surface area contributed by atoms with Crippen molar-refractivity contribution in [3.63, 3.8) is 0 Å². The van der Waals surface area contributed by atoms with Crippen molar-refractivity contribution in [3.8, 4) is 0 Å². The lowest BCUT2D eigenvalue weighted by Gasteiger charge is -2.06. The minimum atomic E-state index is -0.512. The molecule has 8 nitrogen and oxygen atoms in total. The maximum absolute atomic E-state index is 12.4. The number of hydrogen-bond acceptors (Lipinski definition) is 5. The van der Waals surface area contributed by atoms with E-state index in [1.165, 1.54) is 30.2 Å². The maximum Gasteiger partial charge on any atom is 0.332 e. The molecular weight excluding hydrogens is 310 g/mol. The van der Waals surface area contributed by atoms with Gasteiger partial charge in [0.15, 0.2) is 16.8 Å². The van der Waals surface area contributed by atoms with E-state index in [0.29, 0.717) is 16.7 Å². The number of para-hydroxylation sites is 1. The number of rotatable bonds is 0. The first-order valence-corrected chi connectivity index (χ1v) is 7.29. The number of fused-ring (bicyclic) bond motifs is 4. The fourth-order valence-corrected chi connectivity index (χ4v) is 2.99. The Morgan fingerprint density at radius 1 is 0.958 bits per heavy atom. The molecule has 8 heteroatoms. The molecule has 1 aromatic carbocycles. The molecule has 0 bridgehead atoms. The van der Waals surface area contributed by atoms with E-state index in [-0.39, 0.29) is 17.1 Å². The van der Waals surface area contributed by atoms with E-state index in [9.17, 15) is 14.4 Å². The van der Waals surface area contributed by atoms with Gasteiger partial charge in [0.25, 0.3) is 5.56 Å². The second kappa shape index (κ2) is 4.60. The molecule has 0 N–H and O–H groups in total. The summed E-state index contributed by atoms with van der Waals surface area (Å²) in [5.74, 6) is -0.219. The third kappa shape index (κ3) is 1.65. The molecule has 0 unspecified atom stereocenters. The van der Waals surface area contributed by atoms with Crippen molar-refractivity contribution < 1.29 is 4.79 Å². The average molecular weight is 323 g/mol. The van der Waals surface area contributed by atoms with Gasteiger partial charge in [0.05, 0.1) is 5.52 Å². The van der Waals surface area contributed by atoms with Crippen molar-refractivity contribution in [2.75, 3.05) is 0 Å². The number of benzene rings is 1. The van der Waals surface area contributed by atoms with E-state index in [1.54, 1.807) is 6.07 Å². The number of nitrogens with zero attached hydrogens (tertiary/aromatic N) is 5. The molecule has 120 valence electrons. The number of carbonyl (C=O) groups is 1. The van der Waals surface area contributed by atoms with E-state index < -0.39 is 11.2 Å². The summed E-state index contributed by atoms with van der Waals surface area (Å²) in [6, 6.07) is 7.26. The number of aromatic nitrogens is 5. The van der Waals surface area contributed by atoms with Gasteiger partial charge in [-0.05, 0) is 6.07 Å². The van der Waals surface area contributed by atoms with Crippen molar-refractivity contribution in [1.29, 1.82) is 0 Å². The Bertz CT molecular complexity index is 1290. The van der Waals surface area contributed by atoms with E-state index in [2.05, 4.69) is 9.97 Å². The van der Waals surface area contributed by atoms with Gasteiger partial charge in [-0.3, -0.25) is 23.3 Å². The van der Waals surface area contributed by atoms with Crippen molar-refractivity contribution in [2.24, 2.45) is 14.1 Å². The largest absolute Gasteiger partial charge is 0.332 e. The molecule has 0 spiro atoms. The Morgan fingerprint density at radius 3 is 2.38 bits per heavy atom. The van der Waals surface area contributed by atoms with Gasteiger partial charge in [-0.1, -0.05) is 18.2 Å². The highest BCUT2D eigenvalue weighted by molar-refractivity contribution is 6.11. The molecule has 0 amide bonds. The minimum absolute atomic E-state index is 0.0959. The van der Waals surface area contributed by atoms with Crippen LogP contribution in [0.5, 0.6) is 0 Å². The monoisotopic (exact) mass is 323 g/mol. The van der Waals surface area contributed by atoms with Crippen LogP contribution in [-0.2, 0) is 14.1 Å². The zero-order valence-electron chi connectivity index (χ0n) is 13.3. The molecule has 0 saturated carbocycles. The summed E-state index contributed by atoms with van der Waals surface area (Å²) in [7, 11) is 2.92. The summed E-state index contributed by atoms with van der Waals surface area (Å²) in [6.45, 7) is 1.43. The van der Waals surface area contributed by atoms with Crippen LogP contribution in [0, 0.1) is 0 Å². The average Bonchev–Trinajstić information content (AvgIpc) is 2.90. The summed E-state index contributed by atoms with van der Waals surface area (Å²) in [5.41, 5.74) is 0.703. The molecule has 24 heavy (non-hydrogen) atoms. The molecule has 0 aliphatic rings. The molecule has 3 heterocycles. The lowest BCUT2D eigenvalue weighted by atomic mass is 10.2. The van der Waals surface area contributed by atoms with Crippen LogP contribution in [0.1, 0.15) is 11.7 Å². The molecule has 3 aromatic heterocycles. The zero-order valence-corrected chi connectivity index (χ0v) is 13.3. The van der Waals surface area contributed by atoms with Crippen LogP contribution >= 0.6 is 0 Å². The predicted octanol–water partition coefficient (Wildman–Crippen LogP) is 0.795. The van der Waals surface area contributed by atoms with Gasteiger partial charge in [-0.15, -0.1) is 0 Å². The van der Waals surface area contributed by atoms with Crippen LogP contribution in [0.2, 0.25) is 0 Å². The fourth-order valence-electron chi connectivity index (χ4n) is 2.99. The molecular formula is C16H13N5O3. The highest BCUT2D eigenvalue weighted by Gasteiger charge is 2.19. The van der Waals surface area contributed by atoms with Crippen LogP contribution in [0.3, 0.4) is 0 Å². The van der Waals surface area contributed by atoms with Gasteiger partial charge >= 0.3 is 5.69 Å². The molecule has 0 atom stereocenters. The first-order chi connectivity index (χ1) is 11.4. The highest BCUT2D eigenvalue weighted by Crippen LogP contribution is 2.27. The number of carbonyl (C=O) groups excluding carboxylic acids is 1. The van der Waals surface area contributed by atoms with Crippen molar-refractivity contribution in [3.05, 3.63) is 45.1 Å². The van der Waals surface area contributed by atoms with Crippen LogP contribution in [0.4, 0.5) is 0 Å². The van der Waals surface area contributed by atoms with Gasteiger partial charge in [-0.2, -0.15) is 0 Å².